The van der Waals surface area contributed by atoms with E-state index >= 15 is 0 Å². The number of aromatic nitrogens is 3. The van der Waals surface area contributed by atoms with Crippen molar-refractivity contribution in [1.29, 1.82) is 0 Å². The highest BCUT2D eigenvalue weighted by Gasteiger charge is 2.15. The molecule has 0 spiro atoms. The van der Waals surface area contributed by atoms with Crippen molar-refractivity contribution < 1.29 is 14.3 Å². The molecule has 2 aromatic carbocycles. The Morgan fingerprint density at radius 1 is 0.971 bits per heavy atom. The number of carbonyl (C=O) groups excluding carboxylic acids is 1. The monoisotopic (exact) mass is 472 g/mol. The molecule has 9 nitrogen and oxygen atoms in total. The van der Waals surface area contributed by atoms with Gasteiger partial charge in [0.25, 0.3) is 0 Å². The first kappa shape index (κ1) is 22.7. The number of anilines is 3. The lowest BCUT2D eigenvalue weighted by molar-refractivity contribution is -0.117. The summed E-state index contributed by atoms with van der Waals surface area (Å²) in [6, 6.07) is 19.2. The number of ether oxygens (including phenoxy) is 2. The zero-order valence-electron chi connectivity index (χ0n) is 19.8. The maximum absolute atomic E-state index is 12.4. The summed E-state index contributed by atoms with van der Waals surface area (Å²) in [5, 5.41) is 10.9. The van der Waals surface area contributed by atoms with Crippen LogP contribution in [0.25, 0.3) is 16.9 Å². The SMILES string of the molecule is CCN(CC)CC(=O)Nc1cccc(Nc2nc3cccc(-c4ccc5c(c4)OCCO5)n3n2)c1. The van der Waals surface area contributed by atoms with Gasteiger partial charge in [-0.05, 0) is 61.6 Å². The normalized spacial score (nSPS) is 12.7. The molecule has 1 aliphatic rings. The van der Waals surface area contributed by atoms with Crippen molar-refractivity contribution in [3.8, 4) is 22.8 Å². The maximum atomic E-state index is 12.4. The number of fused-ring (bicyclic) bond motifs is 2. The van der Waals surface area contributed by atoms with Crippen LogP contribution in [0.15, 0.2) is 60.7 Å². The Morgan fingerprint density at radius 3 is 2.57 bits per heavy atom. The third-order valence-electron chi connectivity index (χ3n) is 5.86. The third kappa shape index (κ3) is 5.04. The molecule has 2 N–H and O–H groups in total. The number of carbonyl (C=O) groups is 1. The predicted octanol–water partition coefficient (Wildman–Crippen LogP) is 4.19. The molecular weight excluding hydrogens is 444 g/mol. The molecular formula is C26H28N6O3. The van der Waals surface area contributed by atoms with E-state index in [9.17, 15) is 4.79 Å². The maximum Gasteiger partial charge on any atom is 0.247 e. The number of hydrogen-bond acceptors (Lipinski definition) is 7. The molecule has 0 unspecified atom stereocenters. The summed E-state index contributed by atoms with van der Waals surface area (Å²) in [5.74, 6) is 1.89. The molecule has 0 aliphatic carbocycles. The smallest absolute Gasteiger partial charge is 0.247 e. The molecule has 35 heavy (non-hydrogen) atoms. The lowest BCUT2D eigenvalue weighted by Crippen LogP contribution is -2.32. The summed E-state index contributed by atoms with van der Waals surface area (Å²) >= 11 is 0. The highest BCUT2D eigenvalue weighted by atomic mass is 16.6. The largest absolute Gasteiger partial charge is 0.486 e. The van der Waals surface area contributed by atoms with Crippen LogP contribution in [0.1, 0.15) is 13.8 Å². The number of nitrogens with one attached hydrogen (secondary N) is 2. The minimum Gasteiger partial charge on any atom is -0.486 e. The second-order valence-corrected chi connectivity index (χ2v) is 8.19. The number of nitrogens with zero attached hydrogens (tertiary/aromatic N) is 4. The Morgan fingerprint density at radius 2 is 1.74 bits per heavy atom. The number of hydrogen-bond donors (Lipinski definition) is 2. The van der Waals surface area contributed by atoms with Crippen LogP contribution in [0.2, 0.25) is 0 Å². The summed E-state index contributed by atoms with van der Waals surface area (Å²) in [6.07, 6.45) is 0. The molecule has 9 heteroatoms. The van der Waals surface area contributed by atoms with E-state index < -0.39 is 0 Å². The Labute approximate surface area is 203 Å². The van der Waals surface area contributed by atoms with Crippen molar-refractivity contribution in [2.24, 2.45) is 0 Å². The van der Waals surface area contributed by atoms with Gasteiger partial charge in [-0.2, -0.15) is 4.98 Å². The van der Waals surface area contributed by atoms with E-state index in [0.29, 0.717) is 37.0 Å². The Balaban J connectivity index is 1.36. The number of likely N-dealkylation sites (N-methyl/N-ethyl adjacent to an activating group) is 1. The van der Waals surface area contributed by atoms with Gasteiger partial charge < -0.3 is 20.1 Å². The molecule has 1 amide bonds. The topological polar surface area (TPSA) is 93.0 Å². The van der Waals surface area contributed by atoms with Gasteiger partial charge in [-0.3, -0.25) is 9.69 Å². The van der Waals surface area contributed by atoms with Crippen LogP contribution < -0.4 is 20.1 Å². The van der Waals surface area contributed by atoms with Crippen molar-refractivity contribution in [1.82, 2.24) is 19.5 Å². The van der Waals surface area contributed by atoms with E-state index in [1.165, 1.54) is 0 Å². The fourth-order valence-electron chi connectivity index (χ4n) is 4.03. The summed E-state index contributed by atoms with van der Waals surface area (Å²) < 4.78 is 13.2. The van der Waals surface area contributed by atoms with Crippen LogP contribution in [0.3, 0.4) is 0 Å². The van der Waals surface area contributed by atoms with Gasteiger partial charge >= 0.3 is 0 Å². The van der Waals surface area contributed by atoms with Crippen LogP contribution in [0.4, 0.5) is 17.3 Å². The third-order valence-corrected chi connectivity index (χ3v) is 5.86. The molecule has 3 heterocycles. The van der Waals surface area contributed by atoms with Crippen LogP contribution in [0, 0.1) is 0 Å². The van der Waals surface area contributed by atoms with Crippen molar-refractivity contribution in [3.05, 3.63) is 60.7 Å². The Kier molecular flexibility index (Phi) is 6.49. The van der Waals surface area contributed by atoms with Crippen LogP contribution in [0.5, 0.6) is 11.5 Å². The summed E-state index contributed by atoms with van der Waals surface area (Å²) in [6.45, 7) is 7.21. The van der Waals surface area contributed by atoms with E-state index in [0.717, 1.165) is 41.5 Å². The van der Waals surface area contributed by atoms with Crippen molar-refractivity contribution >= 4 is 28.9 Å². The highest BCUT2D eigenvalue weighted by molar-refractivity contribution is 5.92. The van der Waals surface area contributed by atoms with Gasteiger partial charge in [-0.25, -0.2) is 4.52 Å². The number of amides is 1. The standard InChI is InChI=1S/C26H28N6O3/c1-3-31(4-2)17-25(33)27-19-7-5-8-20(16-19)28-26-29-24-10-6-9-21(32(24)30-26)18-11-12-22-23(15-18)35-14-13-34-22/h5-12,15-16H,3-4,13-14,17H2,1-2H3,(H,27,33)(H,28,30). The van der Waals surface area contributed by atoms with Gasteiger partial charge in [-0.1, -0.05) is 26.0 Å². The molecule has 0 fully saturated rings. The molecule has 0 radical (unpaired) electrons. The molecule has 1 aliphatic heterocycles. The van der Waals surface area contributed by atoms with Crippen molar-refractivity contribution in [3.63, 3.8) is 0 Å². The average Bonchev–Trinajstić information content (AvgIpc) is 3.29. The zero-order valence-corrected chi connectivity index (χ0v) is 19.8. The lowest BCUT2D eigenvalue weighted by atomic mass is 10.1. The minimum absolute atomic E-state index is 0.0409. The van der Waals surface area contributed by atoms with Gasteiger partial charge in [-0.15, -0.1) is 5.10 Å². The second-order valence-electron chi connectivity index (χ2n) is 8.19. The molecule has 180 valence electrons. The predicted molar refractivity (Wildman–Crippen MR) is 136 cm³/mol. The van der Waals surface area contributed by atoms with Crippen LogP contribution in [-0.2, 0) is 4.79 Å². The summed E-state index contributed by atoms with van der Waals surface area (Å²) in [5.41, 5.74) is 4.05. The molecule has 5 rings (SSSR count). The molecule has 0 saturated heterocycles. The Hall–Kier alpha value is -4.11. The second kappa shape index (κ2) is 10.0. The molecule has 0 atom stereocenters. The van der Waals surface area contributed by atoms with E-state index in [2.05, 4.69) is 25.6 Å². The van der Waals surface area contributed by atoms with Gasteiger partial charge in [0.05, 0.1) is 12.2 Å². The van der Waals surface area contributed by atoms with E-state index in [-0.39, 0.29) is 5.91 Å². The van der Waals surface area contributed by atoms with E-state index in [1.807, 2.05) is 74.5 Å². The van der Waals surface area contributed by atoms with Crippen LogP contribution >= 0.6 is 0 Å². The summed E-state index contributed by atoms with van der Waals surface area (Å²) in [7, 11) is 0. The first-order valence-corrected chi connectivity index (χ1v) is 11.8. The fraction of sp³-hybridized carbons (Fsp3) is 0.269. The number of rotatable bonds is 8. The van der Waals surface area contributed by atoms with Gasteiger partial charge in [0.2, 0.25) is 11.9 Å². The molecule has 4 aromatic rings. The van der Waals surface area contributed by atoms with Gasteiger partial charge in [0, 0.05) is 16.9 Å². The minimum atomic E-state index is -0.0409. The molecule has 2 aromatic heterocycles. The first-order valence-electron chi connectivity index (χ1n) is 11.8. The van der Waals surface area contributed by atoms with Crippen LogP contribution in [-0.4, -0.2) is 58.3 Å². The van der Waals surface area contributed by atoms with Gasteiger partial charge in [0.15, 0.2) is 17.1 Å². The lowest BCUT2D eigenvalue weighted by Gasteiger charge is -2.19. The van der Waals surface area contributed by atoms with E-state index in [4.69, 9.17) is 9.47 Å². The molecule has 0 saturated carbocycles. The molecule has 0 bridgehead atoms. The summed E-state index contributed by atoms with van der Waals surface area (Å²) in [4.78, 5) is 19.1. The van der Waals surface area contributed by atoms with E-state index in [1.54, 1.807) is 4.52 Å². The number of pyridine rings is 1. The highest BCUT2D eigenvalue weighted by Crippen LogP contribution is 2.34. The average molecular weight is 473 g/mol. The first-order chi connectivity index (χ1) is 17.1. The quantitative estimate of drug-likeness (QED) is 0.397. The fourth-order valence-corrected chi connectivity index (χ4v) is 4.03. The Bertz CT molecular complexity index is 1350. The van der Waals surface area contributed by atoms with Crippen molar-refractivity contribution in [2.45, 2.75) is 13.8 Å². The zero-order chi connectivity index (χ0) is 24.2. The van der Waals surface area contributed by atoms with Gasteiger partial charge in [0.1, 0.15) is 13.2 Å². The number of benzene rings is 2. The van der Waals surface area contributed by atoms with Crippen molar-refractivity contribution in [2.75, 3.05) is 43.5 Å².